The molecule has 5 aromatic rings. The summed E-state index contributed by atoms with van der Waals surface area (Å²) in [4.78, 5) is 34.9. The summed E-state index contributed by atoms with van der Waals surface area (Å²) >= 11 is 1.37. The van der Waals surface area contributed by atoms with Crippen molar-refractivity contribution in [1.82, 2.24) is 18.9 Å². The molecule has 0 fully saturated rings. The molecular weight excluding hydrogens is 412 g/mol. The van der Waals surface area contributed by atoms with Crippen molar-refractivity contribution in [3.8, 4) is 0 Å². The second kappa shape index (κ2) is 7.88. The SMILES string of the molecule is Cc1ccc2nc(CSc3nc4ccccc4c(=O)n3Cc3ccco3)cc(=O)n2c1. The number of furan rings is 1. The van der Waals surface area contributed by atoms with Crippen molar-refractivity contribution in [1.29, 1.82) is 0 Å². The zero-order valence-corrected chi connectivity index (χ0v) is 17.5. The van der Waals surface area contributed by atoms with Crippen LogP contribution in [-0.4, -0.2) is 18.9 Å². The van der Waals surface area contributed by atoms with Crippen LogP contribution in [0.3, 0.4) is 0 Å². The molecule has 1 aromatic carbocycles. The zero-order chi connectivity index (χ0) is 21.4. The van der Waals surface area contributed by atoms with Gasteiger partial charge in [-0.1, -0.05) is 30.0 Å². The lowest BCUT2D eigenvalue weighted by atomic mass is 10.2. The highest BCUT2D eigenvalue weighted by Gasteiger charge is 2.14. The van der Waals surface area contributed by atoms with E-state index in [9.17, 15) is 9.59 Å². The van der Waals surface area contributed by atoms with E-state index in [2.05, 4.69) is 4.98 Å². The van der Waals surface area contributed by atoms with Crippen LogP contribution < -0.4 is 11.1 Å². The number of para-hydroxylation sites is 1. The van der Waals surface area contributed by atoms with Crippen LogP contribution in [-0.2, 0) is 12.3 Å². The molecule has 5 rings (SSSR count). The number of rotatable bonds is 5. The van der Waals surface area contributed by atoms with E-state index in [1.165, 1.54) is 22.2 Å². The van der Waals surface area contributed by atoms with Crippen molar-refractivity contribution in [2.24, 2.45) is 0 Å². The molecule has 0 aliphatic rings. The molecule has 0 amide bonds. The number of hydrogen-bond donors (Lipinski definition) is 0. The summed E-state index contributed by atoms with van der Waals surface area (Å²) < 4.78 is 8.58. The maximum atomic E-state index is 13.1. The van der Waals surface area contributed by atoms with E-state index in [1.54, 1.807) is 29.2 Å². The number of benzene rings is 1. The maximum Gasteiger partial charge on any atom is 0.262 e. The fourth-order valence-electron chi connectivity index (χ4n) is 3.43. The van der Waals surface area contributed by atoms with Crippen LogP contribution in [0.15, 0.2) is 86.2 Å². The fraction of sp³-hybridized carbons (Fsp3) is 0.130. The molecule has 0 aliphatic carbocycles. The number of nitrogens with zero attached hydrogens (tertiary/aromatic N) is 4. The van der Waals surface area contributed by atoms with Crippen LogP contribution in [0.2, 0.25) is 0 Å². The molecule has 0 atom stereocenters. The van der Waals surface area contributed by atoms with Gasteiger partial charge in [0.25, 0.3) is 11.1 Å². The normalized spacial score (nSPS) is 11.4. The van der Waals surface area contributed by atoms with Gasteiger partial charge in [0.2, 0.25) is 0 Å². The van der Waals surface area contributed by atoms with Crippen molar-refractivity contribution < 1.29 is 4.42 Å². The van der Waals surface area contributed by atoms with Gasteiger partial charge in [-0.25, -0.2) is 9.97 Å². The Bertz CT molecular complexity index is 1520. The van der Waals surface area contributed by atoms with E-state index < -0.39 is 0 Å². The Balaban J connectivity index is 1.54. The number of pyridine rings is 1. The van der Waals surface area contributed by atoms with Gasteiger partial charge >= 0.3 is 0 Å². The van der Waals surface area contributed by atoms with E-state index >= 15 is 0 Å². The number of aryl methyl sites for hydroxylation is 1. The van der Waals surface area contributed by atoms with E-state index in [4.69, 9.17) is 9.40 Å². The highest BCUT2D eigenvalue weighted by atomic mass is 32.2. The Morgan fingerprint density at radius 2 is 1.90 bits per heavy atom. The molecule has 8 heteroatoms. The first-order valence-electron chi connectivity index (χ1n) is 9.72. The van der Waals surface area contributed by atoms with Crippen molar-refractivity contribution >= 4 is 28.3 Å². The van der Waals surface area contributed by atoms with Gasteiger partial charge in [0, 0.05) is 18.0 Å². The molecule has 0 saturated carbocycles. The summed E-state index contributed by atoms with van der Waals surface area (Å²) in [5.41, 5.74) is 2.57. The van der Waals surface area contributed by atoms with Gasteiger partial charge in [-0.2, -0.15) is 0 Å². The molecule has 0 unspecified atom stereocenters. The zero-order valence-electron chi connectivity index (χ0n) is 16.7. The van der Waals surface area contributed by atoms with Crippen molar-refractivity contribution in [3.05, 3.63) is 105 Å². The Morgan fingerprint density at radius 3 is 2.74 bits per heavy atom. The van der Waals surface area contributed by atoms with Gasteiger partial charge in [0.15, 0.2) is 5.16 Å². The summed E-state index contributed by atoms with van der Waals surface area (Å²) in [6, 6.07) is 16.1. The highest BCUT2D eigenvalue weighted by molar-refractivity contribution is 7.98. The first-order valence-corrected chi connectivity index (χ1v) is 10.7. The van der Waals surface area contributed by atoms with Crippen molar-refractivity contribution in [2.75, 3.05) is 0 Å². The van der Waals surface area contributed by atoms with Gasteiger partial charge in [0.05, 0.1) is 29.4 Å². The minimum absolute atomic E-state index is 0.133. The molecule has 0 spiro atoms. The monoisotopic (exact) mass is 430 g/mol. The van der Waals surface area contributed by atoms with Crippen LogP contribution in [0.1, 0.15) is 17.0 Å². The molecule has 0 aliphatic heterocycles. The third-order valence-corrected chi connectivity index (χ3v) is 5.94. The van der Waals surface area contributed by atoms with Gasteiger partial charge in [-0.3, -0.25) is 18.6 Å². The summed E-state index contributed by atoms with van der Waals surface area (Å²) in [7, 11) is 0. The minimum Gasteiger partial charge on any atom is -0.467 e. The van der Waals surface area contributed by atoms with E-state index in [0.717, 1.165) is 5.56 Å². The number of aromatic nitrogens is 4. The van der Waals surface area contributed by atoms with Crippen molar-refractivity contribution in [2.45, 2.75) is 24.4 Å². The lowest BCUT2D eigenvalue weighted by Crippen LogP contribution is -2.24. The van der Waals surface area contributed by atoms with E-state index in [0.29, 0.717) is 38.9 Å². The van der Waals surface area contributed by atoms with Crippen LogP contribution in [0.25, 0.3) is 16.6 Å². The first-order chi connectivity index (χ1) is 15.1. The lowest BCUT2D eigenvalue weighted by molar-refractivity contribution is 0.476. The predicted octanol–water partition coefficient (Wildman–Crippen LogP) is 3.65. The van der Waals surface area contributed by atoms with E-state index in [-0.39, 0.29) is 17.7 Å². The molecule has 0 saturated heterocycles. The van der Waals surface area contributed by atoms with Gasteiger partial charge < -0.3 is 4.42 Å². The number of hydrogen-bond acceptors (Lipinski definition) is 6. The van der Waals surface area contributed by atoms with Crippen LogP contribution >= 0.6 is 11.8 Å². The molecule has 0 N–H and O–H groups in total. The molecule has 0 bridgehead atoms. The van der Waals surface area contributed by atoms with Gasteiger partial charge in [-0.15, -0.1) is 0 Å². The first kappa shape index (κ1) is 19.3. The van der Waals surface area contributed by atoms with Crippen LogP contribution in [0.4, 0.5) is 0 Å². The molecule has 4 heterocycles. The second-order valence-corrected chi connectivity index (χ2v) is 8.13. The largest absolute Gasteiger partial charge is 0.467 e. The number of thioether (sulfide) groups is 1. The lowest BCUT2D eigenvalue weighted by Gasteiger charge is -2.12. The average Bonchev–Trinajstić information content (AvgIpc) is 3.28. The Morgan fingerprint density at radius 1 is 1.03 bits per heavy atom. The molecule has 0 radical (unpaired) electrons. The average molecular weight is 430 g/mol. The summed E-state index contributed by atoms with van der Waals surface area (Å²) in [6.45, 7) is 2.21. The van der Waals surface area contributed by atoms with Gasteiger partial charge in [0.1, 0.15) is 11.4 Å². The molecular formula is C23H18N4O3S. The van der Waals surface area contributed by atoms with Gasteiger partial charge in [-0.05, 0) is 42.8 Å². The fourth-order valence-corrected chi connectivity index (χ4v) is 4.32. The van der Waals surface area contributed by atoms with E-state index in [1.807, 2.05) is 43.3 Å². The molecule has 154 valence electrons. The smallest absolute Gasteiger partial charge is 0.262 e. The minimum atomic E-state index is -0.135. The molecule has 31 heavy (non-hydrogen) atoms. The standard InChI is InChI=1S/C23H18N4O3S/c1-15-8-9-20-24-16(11-21(28)26(20)12-15)14-31-23-25-19-7-3-2-6-18(19)22(29)27(23)13-17-5-4-10-30-17/h2-12H,13-14H2,1H3. The Kier molecular flexibility index (Phi) is 4.91. The third-order valence-electron chi connectivity index (χ3n) is 4.93. The summed E-state index contributed by atoms with van der Waals surface area (Å²) in [5, 5.41) is 1.10. The Labute approximate surface area is 181 Å². The predicted molar refractivity (Wildman–Crippen MR) is 120 cm³/mol. The Hall–Kier alpha value is -3.65. The second-order valence-electron chi connectivity index (χ2n) is 7.19. The van der Waals surface area contributed by atoms with Crippen LogP contribution in [0.5, 0.6) is 0 Å². The molecule has 7 nitrogen and oxygen atoms in total. The highest BCUT2D eigenvalue weighted by Crippen LogP contribution is 2.22. The number of fused-ring (bicyclic) bond motifs is 2. The maximum absolute atomic E-state index is 13.1. The third kappa shape index (κ3) is 3.77. The summed E-state index contributed by atoms with van der Waals surface area (Å²) in [5.74, 6) is 1.07. The topological polar surface area (TPSA) is 82.4 Å². The van der Waals surface area contributed by atoms with Crippen molar-refractivity contribution in [3.63, 3.8) is 0 Å². The summed E-state index contributed by atoms with van der Waals surface area (Å²) in [6.07, 6.45) is 3.35. The molecule has 4 aromatic heterocycles. The quantitative estimate of drug-likeness (QED) is 0.313. The van der Waals surface area contributed by atoms with Crippen LogP contribution in [0, 0.1) is 6.92 Å².